The van der Waals surface area contributed by atoms with Gasteiger partial charge in [-0.1, -0.05) is 6.42 Å². The van der Waals surface area contributed by atoms with Gasteiger partial charge in [0.2, 0.25) is 0 Å². The highest BCUT2D eigenvalue weighted by Crippen LogP contribution is 2.32. The fraction of sp³-hybridized carbons (Fsp3) is 0.444. The Kier molecular flexibility index (Phi) is 4.94. The number of anilines is 2. The summed E-state index contributed by atoms with van der Waals surface area (Å²) in [4.78, 5) is 16.1. The molecule has 0 radical (unpaired) electrons. The first kappa shape index (κ1) is 17.1. The van der Waals surface area contributed by atoms with E-state index < -0.39 is 0 Å². The second-order valence-electron chi connectivity index (χ2n) is 6.69. The number of hydrogen-bond acceptors (Lipinski definition) is 7. The first-order valence-electron chi connectivity index (χ1n) is 8.91. The first-order valence-corrected chi connectivity index (χ1v) is 9.79. The zero-order valence-corrected chi connectivity index (χ0v) is 15.9. The van der Waals surface area contributed by atoms with Crippen molar-refractivity contribution < 1.29 is 0 Å². The van der Waals surface area contributed by atoms with E-state index in [2.05, 4.69) is 37.5 Å². The molecule has 0 spiro atoms. The van der Waals surface area contributed by atoms with Gasteiger partial charge in [-0.25, -0.2) is 15.0 Å². The molecule has 4 heterocycles. The molecular formula is C18H23N7S. The number of hydrogen-bond donors (Lipinski definition) is 1. The summed E-state index contributed by atoms with van der Waals surface area (Å²) in [7, 11) is 1.96. The zero-order valence-electron chi connectivity index (χ0n) is 15.1. The van der Waals surface area contributed by atoms with E-state index >= 15 is 0 Å². The molecule has 7 nitrogen and oxygen atoms in total. The number of likely N-dealkylation sites (tertiary alicyclic amines) is 1. The van der Waals surface area contributed by atoms with Crippen LogP contribution in [0, 0.1) is 6.92 Å². The summed E-state index contributed by atoms with van der Waals surface area (Å²) in [5, 5.41) is 10.4. The van der Waals surface area contributed by atoms with Crippen LogP contribution in [-0.2, 0) is 13.6 Å². The lowest BCUT2D eigenvalue weighted by molar-refractivity contribution is 0.137. The van der Waals surface area contributed by atoms with Gasteiger partial charge in [0.1, 0.15) is 11.6 Å². The van der Waals surface area contributed by atoms with Gasteiger partial charge in [0.05, 0.1) is 17.9 Å². The maximum absolute atomic E-state index is 4.75. The molecule has 3 aromatic heterocycles. The standard InChI is InChI=1S/C18H23N7S/c1-13-21-15(9-17(22-13)23-18-19-6-8-26-18)16-5-3-4-7-25(16)12-14-10-20-24(2)11-14/h6,8-11,16H,3-5,7,12H2,1-2H3,(H,19,21,22,23)/t16-/m1/s1. The highest BCUT2D eigenvalue weighted by atomic mass is 32.1. The smallest absolute Gasteiger partial charge is 0.188 e. The van der Waals surface area contributed by atoms with Gasteiger partial charge in [-0.15, -0.1) is 11.3 Å². The molecule has 0 unspecified atom stereocenters. The Morgan fingerprint density at radius 1 is 1.31 bits per heavy atom. The van der Waals surface area contributed by atoms with E-state index in [9.17, 15) is 0 Å². The fourth-order valence-electron chi connectivity index (χ4n) is 3.52. The molecule has 0 aromatic carbocycles. The van der Waals surface area contributed by atoms with Crippen molar-refractivity contribution in [2.24, 2.45) is 7.05 Å². The second kappa shape index (κ2) is 7.51. The van der Waals surface area contributed by atoms with Gasteiger partial charge in [-0.3, -0.25) is 9.58 Å². The van der Waals surface area contributed by atoms with Crippen LogP contribution in [0.2, 0.25) is 0 Å². The topological polar surface area (TPSA) is 71.8 Å². The molecule has 0 bridgehead atoms. The molecule has 136 valence electrons. The van der Waals surface area contributed by atoms with Crippen molar-refractivity contribution in [3.05, 3.63) is 47.1 Å². The Labute approximate surface area is 157 Å². The lowest BCUT2D eigenvalue weighted by Crippen LogP contribution is -2.33. The number of thiazole rings is 1. The Morgan fingerprint density at radius 2 is 2.23 bits per heavy atom. The summed E-state index contributed by atoms with van der Waals surface area (Å²) < 4.78 is 1.86. The van der Waals surface area contributed by atoms with Gasteiger partial charge in [0, 0.05) is 43.0 Å². The number of rotatable bonds is 5. The third kappa shape index (κ3) is 3.91. The van der Waals surface area contributed by atoms with Crippen molar-refractivity contribution in [3.63, 3.8) is 0 Å². The van der Waals surface area contributed by atoms with Crippen LogP contribution in [0.4, 0.5) is 10.9 Å². The summed E-state index contributed by atoms with van der Waals surface area (Å²) in [5.41, 5.74) is 2.33. The lowest BCUT2D eigenvalue weighted by Gasteiger charge is -2.35. The normalized spacial score (nSPS) is 18.2. The number of piperidine rings is 1. The molecule has 8 heteroatoms. The van der Waals surface area contributed by atoms with Crippen molar-refractivity contribution in [2.45, 2.75) is 38.8 Å². The van der Waals surface area contributed by atoms with Crippen molar-refractivity contribution >= 4 is 22.3 Å². The van der Waals surface area contributed by atoms with E-state index in [-0.39, 0.29) is 0 Å². The molecule has 1 aliphatic rings. The van der Waals surface area contributed by atoms with E-state index in [1.165, 1.54) is 18.4 Å². The molecule has 4 rings (SSSR count). The Morgan fingerprint density at radius 3 is 3.00 bits per heavy atom. The van der Waals surface area contributed by atoms with E-state index in [1.54, 1.807) is 17.5 Å². The molecule has 1 aliphatic heterocycles. The summed E-state index contributed by atoms with van der Waals surface area (Å²) in [5.74, 6) is 1.60. The third-order valence-electron chi connectivity index (χ3n) is 4.62. The van der Waals surface area contributed by atoms with Crippen LogP contribution in [0.3, 0.4) is 0 Å². The van der Waals surface area contributed by atoms with Crippen molar-refractivity contribution in [1.29, 1.82) is 0 Å². The van der Waals surface area contributed by atoms with Gasteiger partial charge in [-0.05, 0) is 26.3 Å². The minimum Gasteiger partial charge on any atom is -0.316 e. The van der Waals surface area contributed by atoms with Crippen LogP contribution in [0.25, 0.3) is 0 Å². The average Bonchev–Trinajstić information content (AvgIpc) is 3.27. The molecule has 1 fully saturated rings. The van der Waals surface area contributed by atoms with Crippen LogP contribution >= 0.6 is 11.3 Å². The fourth-order valence-corrected chi connectivity index (χ4v) is 4.06. The number of nitrogens with one attached hydrogen (secondary N) is 1. The summed E-state index contributed by atoms with van der Waals surface area (Å²) >= 11 is 1.57. The van der Waals surface area contributed by atoms with Crippen LogP contribution in [0.1, 0.15) is 42.4 Å². The van der Waals surface area contributed by atoms with Crippen molar-refractivity contribution in [1.82, 2.24) is 29.6 Å². The number of aromatic nitrogens is 5. The third-order valence-corrected chi connectivity index (χ3v) is 5.31. The molecule has 1 saturated heterocycles. The maximum Gasteiger partial charge on any atom is 0.188 e. The van der Waals surface area contributed by atoms with Gasteiger partial charge in [0.15, 0.2) is 5.13 Å². The van der Waals surface area contributed by atoms with Crippen LogP contribution in [0.15, 0.2) is 30.0 Å². The molecule has 0 saturated carbocycles. The number of aryl methyl sites for hydroxylation is 2. The molecule has 26 heavy (non-hydrogen) atoms. The van der Waals surface area contributed by atoms with E-state index in [0.717, 1.165) is 42.0 Å². The average molecular weight is 369 g/mol. The molecule has 1 atom stereocenters. The highest BCUT2D eigenvalue weighted by molar-refractivity contribution is 7.13. The van der Waals surface area contributed by atoms with Crippen LogP contribution in [-0.4, -0.2) is 36.2 Å². The summed E-state index contributed by atoms with van der Waals surface area (Å²) in [6.45, 7) is 3.93. The summed E-state index contributed by atoms with van der Waals surface area (Å²) in [6, 6.07) is 2.38. The van der Waals surface area contributed by atoms with Gasteiger partial charge in [-0.2, -0.15) is 5.10 Å². The van der Waals surface area contributed by atoms with Crippen LogP contribution < -0.4 is 5.32 Å². The molecular weight excluding hydrogens is 346 g/mol. The predicted octanol–water partition coefficient (Wildman–Crippen LogP) is 3.45. The predicted molar refractivity (Wildman–Crippen MR) is 102 cm³/mol. The van der Waals surface area contributed by atoms with E-state index in [0.29, 0.717) is 6.04 Å². The van der Waals surface area contributed by atoms with Gasteiger partial charge in [0.25, 0.3) is 0 Å². The lowest BCUT2D eigenvalue weighted by atomic mass is 9.98. The largest absolute Gasteiger partial charge is 0.316 e. The Hall–Kier alpha value is -2.32. The monoisotopic (exact) mass is 369 g/mol. The minimum absolute atomic E-state index is 0.308. The Bertz CT molecular complexity index is 858. The quantitative estimate of drug-likeness (QED) is 0.743. The number of nitrogens with zero attached hydrogens (tertiary/aromatic N) is 6. The summed E-state index contributed by atoms with van der Waals surface area (Å²) in [6.07, 6.45) is 9.41. The SMILES string of the molecule is Cc1nc(Nc2nccs2)cc([C@H]2CCCCN2Cc2cnn(C)c2)n1. The maximum atomic E-state index is 4.75. The molecule has 1 N–H and O–H groups in total. The minimum atomic E-state index is 0.308. The van der Waals surface area contributed by atoms with E-state index in [1.807, 2.05) is 30.2 Å². The first-order chi connectivity index (χ1) is 12.7. The van der Waals surface area contributed by atoms with Crippen molar-refractivity contribution in [2.75, 3.05) is 11.9 Å². The van der Waals surface area contributed by atoms with Crippen LogP contribution in [0.5, 0.6) is 0 Å². The Balaban J connectivity index is 1.58. The van der Waals surface area contributed by atoms with Gasteiger partial charge < -0.3 is 5.32 Å². The molecule has 0 amide bonds. The highest BCUT2D eigenvalue weighted by Gasteiger charge is 2.26. The second-order valence-corrected chi connectivity index (χ2v) is 7.59. The van der Waals surface area contributed by atoms with Crippen molar-refractivity contribution in [3.8, 4) is 0 Å². The molecule has 3 aromatic rings. The molecule has 0 aliphatic carbocycles. The zero-order chi connectivity index (χ0) is 17.9. The van der Waals surface area contributed by atoms with E-state index in [4.69, 9.17) is 4.98 Å². The van der Waals surface area contributed by atoms with Gasteiger partial charge >= 0.3 is 0 Å².